The molecule has 1 aromatic heterocycles. The molecule has 1 atom stereocenters. The Hall–Kier alpha value is -1.13. The van der Waals surface area contributed by atoms with E-state index < -0.39 is 0 Å². The van der Waals surface area contributed by atoms with Crippen molar-refractivity contribution >= 4 is 23.2 Å². The number of hydrogen-bond acceptors (Lipinski definition) is 3. The summed E-state index contributed by atoms with van der Waals surface area (Å²) in [5, 5.41) is 3.21. The maximum Gasteiger partial charge on any atom is 0.253 e. The van der Waals surface area contributed by atoms with Crippen LogP contribution >= 0.6 is 11.6 Å². The number of amides is 1. The zero-order valence-corrected chi connectivity index (χ0v) is 8.83. The summed E-state index contributed by atoms with van der Waals surface area (Å²) in [6.07, 6.45) is 4.46. The molecular formula is C10H11ClN2O2. The first-order chi connectivity index (χ1) is 7.25. The van der Waals surface area contributed by atoms with Crippen LogP contribution in [0.2, 0.25) is 5.02 Å². The number of hydrogen-bond donors (Lipinski definition) is 1. The first-order valence-corrected chi connectivity index (χ1v) is 5.16. The van der Waals surface area contributed by atoms with Crippen LogP contribution in [0.5, 0.6) is 0 Å². The average Bonchev–Trinajstić information content (AvgIpc) is 2.70. The third-order valence-corrected chi connectivity index (χ3v) is 2.40. The highest BCUT2D eigenvalue weighted by molar-refractivity contribution is 6.30. The van der Waals surface area contributed by atoms with Crippen LogP contribution in [0.4, 0.5) is 5.69 Å². The van der Waals surface area contributed by atoms with Gasteiger partial charge in [0.15, 0.2) is 0 Å². The van der Waals surface area contributed by atoms with E-state index in [0.29, 0.717) is 17.3 Å². The molecule has 0 spiro atoms. The SMILES string of the molecule is O=C(Nc1cncc(Cl)c1)[C@@H]1CCCO1. The Kier molecular flexibility index (Phi) is 3.18. The van der Waals surface area contributed by atoms with Gasteiger partial charge in [-0.3, -0.25) is 9.78 Å². The molecule has 5 heteroatoms. The number of nitrogens with zero attached hydrogens (tertiary/aromatic N) is 1. The number of carbonyl (C=O) groups excluding carboxylic acids is 1. The van der Waals surface area contributed by atoms with Gasteiger partial charge < -0.3 is 10.1 Å². The average molecular weight is 227 g/mol. The molecule has 4 nitrogen and oxygen atoms in total. The van der Waals surface area contributed by atoms with Gasteiger partial charge in [-0.2, -0.15) is 0 Å². The van der Waals surface area contributed by atoms with E-state index in [2.05, 4.69) is 10.3 Å². The minimum Gasteiger partial charge on any atom is -0.368 e. The summed E-state index contributed by atoms with van der Waals surface area (Å²) in [5.74, 6) is -0.128. The Morgan fingerprint density at radius 3 is 3.13 bits per heavy atom. The third kappa shape index (κ3) is 2.67. The molecule has 2 rings (SSSR count). The van der Waals surface area contributed by atoms with Crippen molar-refractivity contribution in [3.05, 3.63) is 23.5 Å². The van der Waals surface area contributed by atoms with Crippen LogP contribution in [0.3, 0.4) is 0 Å². The van der Waals surface area contributed by atoms with Gasteiger partial charge in [-0.15, -0.1) is 0 Å². The smallest absolute Gasteiger partial charge is 0.253 e. The summed E-state index contributed by atoms with van der Waals surface area (Å²) in [6, 6.07) is 1.65. The fourth-order valence-electron chi connectivity index (χ4n) is 1.49. The topological polar surface area (TPSA) is 51.2 Å². The van der Waals surface area contributed by atoms with E-state index in [4.69, 9.17) is 16.3 Å². The Morgan fingerprint density at radius 2 is 2.47 bits per heavy atom. The molecule has 1 amide bonds. The Balaban J connectivity index is 1.99. The van der Waals surface area contributed by atoms with Crippen LogP contribution in [0.1, 0.15) is 12.8 Å². The molecule has 1 aliphatic heterocycles. The van der Waals surface area contributed by atoms with Crippen molar-refractivity contribution in [2.45, 2.75) is 18.9 Å². The summed E-state index contributed by atoms with van der Waals surface area (Å²) in [6.45, 7) is 0.659. The molecule has 0 bridgehead atoms. The molecule has 1 aliphatic rings. The second-order valence-electron chi connectivity index (χ2n) is 3.38. The number of aromatic nitrogens is 1. The van der Waals surface area contributed by atoms with Crippen molar-refractivity contribution in [2.75, 3.05) is 11.9 Å². The standard InChI is InChI=1S/C10H11ClN2O2/c11-7-4-8(6-12-5-7)13-10(14)9-2-1-3-15-9/h4-6,9H,1-3H2,(H,13,14)/t9-/m0/s1. The fourth-order valence-corrected chi connectivity index (χ4v) is 1.66. The van der Waals surface area contributed by atoms with Gasteiger partial charge in [0.1, 0.15) is 6.10 Å². The number of nitrogens with one attached hydrogen (secondary N) is 1. The Labute approximate surface area is 92.6 Å². The molecule has 0 aromatic carbocycles. The first-order valence-electron chi connectivity index (χ1n) is 4.79. The van der Waals surface area contributed by atoms with Crippen LogP contribution in [-0.4, -0.2) is 23.6 Å². The molecule has 1 aromatic rings. The highest BCUT2D eigenvalue weighted by Gasteiger charge is 2.23. The summed E-state index contributed by atoms with van der Waals surface area (Å²) in [7, 11) is 0. The van der Waals surface area contributed by atoms with Crippen LogP contribution in [-0.2, 0) is 9.53 Å². The lowest BCUT2D eigenvalue weighted by molar-refractivity contribution is -0.124. The summed E-state index contributed by atoms with van der Waals surface area (Å²) in [5.41, 5.74) is 0.600. The summed E-state index contributed by atoms with van der Waals surface area (Å²) < 4.78 is 5.25. The van der Waals surface area contributed by atoms with Crippen molar-refractivity contribution in [2.24, 2.45) is 0 Å². The van der Waals surface area contributed by atoms with E-state index in [9.17, 15) is 4.79 Å². The van der Waals surface area contributed by atoms with Crippen LogP contribution in [0.25, 0.3) is 0 Å². The zero-order chi connectivity index (χ0) is 10.7. The molecular weight excluding hydrogens is 216 g/mol. The lowest BCUT2D eigenvalue weighted by atomic mass is 10.2. The summed E-state index contributed by atoms with van der Waals surface area (Å²) in [4.78, 5) is 15.5. The zero-order valence-electron chi connectivity index (χ0n) is 8.07. The largest absolute Gasteiger partial charge is 0.368 e. The number of pyridine rings is 1. The second-order valence-corrected chi connectivity index (χ2v) is 3.82. The molecule has 0 saturated carbocycles. The number of anilines is 1. The fraction of sp³-hybridized carbons (Fsp3) is 0.400. The predicted molar refractivity (Wildman–Crippen MR) is 56.9 cm³/mol. The van der Waals surface area contributed by atoms with E-state index in [0.717, 1.165) is 12.8 Å². The quantitative estimate of drug-likeness (QED) is 0.838. The molecule has 1 N–H and O–H groups in total. The van der Waals surface area contributed by atoms with Crippen molar-refractivity contribution < 1.29 is 9.53 Å². The van der Waals surface area contributed by atoms with E-state index in [1.807, 2.05) is 0 Å². The van der Waals surface area contributed by atoms with Gasteiger partial charge >= 0.3 is 0 Å². The van der Waals surface area contributed by atoms with Crippen LogP contribution < -0.4 is 5.32 Å². The molecule has 0 unspecified atom stereocenters. The normalized spacial score (nSPS) is 20.2. The van der Waals surface area contributed by atoms with Gasteiger partial charge in [0.2, 0.25) is 0 Å². The highest BCUT2D eigenvalue weighted by atomic mass is 35.5. The van der Waals surface area contributed by atoms with Gasteiger partial charge in [-0.05, 0) is 18.9 Å². The molecule has 1 saturated heterocycles. The Morgan fingerprint density at radius 1 is 1.60 bits per heavy atom. The number of carbonyl (C=O) groups is 1. The van der Waals surface area contributed by atoms with E-state index in [1.165, 1.54) is 6.20 Å². The molecule has 0 radical (unpaired) electrons. The molecule has 1 fully saturated rings. The van der Waals surface area contributed by atoms with E-state index in [1.54, 1.807) is 12.3 Å². The van der Waals surface area contributed by atoms with Crippen molar-refractivity contribution in [3.8, 4) is 0 Å². The highest BCUT2D eigenvalue weighted by Crippen LogP contribution is 2.16. The molecule has 0 aliphatic carbocycles. The summed E-state index contributed by atoms with van der Waals surface area (Å²) >= 11 is 5.74. The number of rotatable bonds is 2. The van der Waals surface area contributed by atoms with Crippen molar-refractivity contribution in [1.82, 2.24) is 4.98 Å². The number of ether oxygens (including phenoxy) is 1. The Bertz CT molecular complexity index is 364. The van der Waals surface area contributed by atoms with Crippen LogP contribution in [0, 0.1) is 0 Å². The van der Waals surface area contributed by atoms with Crippen molar-refractivity contribution in [1.29, 1.82) is 0 Å². The van der Waals surface area contributed by atoms with Gasteiger partial charge in [0, 0.05) is 12.8 Å². The van der Waals surface area contributed by atoms with Crippen LogP contribution in [0.15, 0.2) is 18.5 Å². The molecule has 2 heterocycles. The van der Waals surface area contributed by atoms with Gasteiger partial charge in [0.25, 0.3) is 5.91 Å². The first kappa shape index (κ1) is 10.4. The lowest BCUT2D eigenvalue weighted by Gasteiger charge is -2.09. The maximum atomic E-state index is 11.6. The molecule has 15 heavy (non-hydrogen) atoms. The van der Waals surface area contributed by atoms with Crippen molar-refractivity contribution in [3.63, 3.8) is 0 Å². The minimum atomic E-state index is -0.330. The molecule has 80 valence electrons. The lowest BCUT2D eigenvalue weighted by Crippen LogP contribution is -2.26. The minimum absolute atomic E-state index is 0.128. The third-order valence-electron chi connectivity index (χ3n) is 2.19. The second kappa shape index (κ2) is 4.59. The van der Waals surface area contributed by atoms with E-state index >= 15 is 0 Å². The van der Waals surface area contributed by atoms with Gasteiger partial charge in [0.05, 0.1) is 16.9 Å². The monoisotopic (exact) mass is 226 g/mol. The predicted octanol–water partition coefficient (Wildman–Crippen LogP) is 1.85. The van der Waals surface area contributed by atoms with Gasteiger partial charge in [-0.25, -0.2) is 0 Å². The number of halogens is 1. The maximum absolute atomic E-state index is 11.6. The van der Waals surface area contributed by atoms with Gasteiger partial charge in [-0.1, -0.05) is 11.6 Å². The van der Waals surface area contributed by atoms with E-state index in [-0.39, 0.29) is 12.0 Å².